The van der Waals surface area contributed by atoms with Gasteiger partial charge in [-0.15, -0.1) is 0 Å². The molecule has 0 saturated heterocycles. The van der Waals surface area contributed by atoms with Gasteiger partial charge in [0.25, 0.3) is 0 Å². The van der Waals surface area contributed by atoms with E-state index in [-0.39, 0.29) is 5.75 Å². The Morgan fingerprint density at radius 3 is 2.18 bits per heavy atom. The van der Waals surface area contributed by atoms with Crippen LogP contribution in [-0.2, 0) is 6.61 Å². The fraction of sp³-hybridized carbons (Fsp3) is 0.143. The zero-order chi connectivity index (χ0) is 12.1. The Morgan fingerprint density at radius 1 is 1.12 bits per heavy atom. The van der Waals surface area contributed by atoms with Crippen LogP contribution in [0, 0.1) is 0 Å². The molecular weight excluding hydrogens is 216 g/mol. The highest BCUT2D eigenvalue weighted by atomic mass is 16.5. The quantitative estimate of drug-likeness (QED) is 0.818. The summed E-state index contributed by atoms with van der Waals surface area (Å²) < 4.78 is 10.0. The first-order chi connectivity index (χ1) is 8.28. The molecular formula is C14H14O3. The summed E-state index contributed by atoms with van der Waals surface area (Å²) in [5.41, 5.74) is 1.26. The Kier molecular flexibility index (Phi) is 3.50. The number of fused-ring (bicyclic) bond motifs is 3. The van der Waals surface area contributed by atoms with E-state index in [0.717, 1.165) is 12.4 Å². The molecule has 0 unspecified atom stereocenters. The average Bonchev–Trinajstić information content (AvgIpc) is 2.42. The molecule has 3 nitrogen and oxygen atoms in total. The minimum atomic E-state index is 0.231. The normalized spacial score (nSPS) is 11.1. The Morgan fingerprint density at radius 2 is 1.88 bits per heavy atom. The number of hydrogen-bond donors (Lipinski definition) is 1. The summed E-state index contributed by atoms with van der Waals surface area (Å²) in [6.45, 7) is 0.766. The Bertz CT molecular complexity index is 454. The number of phenols is 1. The Balaban J connectivity index is 0.000000127. The average molecular weight is 230 g/mol. The van der Waals surface area contributed by atoms with Crippen LogP contribution in [0.5, 0.6) is 17.2 Å². The largest absolute Gasteiger partial charge is 0.508 e. The maximum Gasteiger partial charge on any atom is 0.122 e. The predicted molar refractivity (Wildman–Crippen MR) is 65.4 cm³/mol. The molecule has 0 spiro atoms. The summed E-state index contributed by atoms with van der Waals surface area (Å²) in [6.07, 6.45) is 0. The molecule has 17 heavy (non-hydrogen) atoms. The fourth-order valence-corrected chi connectivity index (χ4v) is 1.46. The van der Waals surface area contributed by atoms with Crippen LogP contribution >= 0.6 is 0 Å². The van der Waals surface area contributed by atoms with Crippen molar-refractivity contribution in [2.75, 3.05) is 7.11 Å². The van der Waals surface area contributed by atoms with Crippen LogP contribution in [-0.4, -0.2) is 12.2 Å². The predicted octanol–water partition coefficient (Wildman–Crippen LogP) is 2.98. The summed E-state index contributed by atoms with van der Waals surface area (Å²) in [5, 5.41) is 8.86. The van der Waals surface area contributed by atoms with E-state index in [1.54, 1.807) is 31.4 Å². The fourth-order valence-electron chi connectivity index (χ4n) is 1.46. The van der Waals surface area contributed by atoms with E-state index >= 15 is 0 Å². The molecule has 2 bridgehead atoms. The van der Waals surface area contributed by atoms with E-state index in [1.807, 2.05) is 12.1 Å². The first kappa shape index (κ1) is 11.3. The molecule has 0 aromatic heterocycles. The van der Waals surface area contributed by atoms with Gasteiger partial charge in [-0.2, -0.15) is 0 Å². The van der Waals surface area contributed by atoms with Gasteiger partial charge in [-0.3, -0.25) is 0 Å². The van der Waals surface area contributed by atoms with Crippen molar-refractivity contribution in [1.82, 2.24) is 0 Å². The minimum Gasteiger partial charge on any atom is -0.508 e. The van der Waals surface area contributed by atoms with Crippen molar-refractivity contribution in [2.24, 2.45) is 0 Å². The second kappa shape index (κ2) is 5.25. The van der Waals surface area contributed by atoms with Crippen LogP contribution in [0.25, 0.3) is 0 Å². The lowest BCUT2D eigenvalue weighted by Gasteiger charge is -2.11. The standard InChI is InChI=1S/C7H8O2.C7H6O/c1-9-7-4-2-3-6(8)5-7;1-3-7-4-2-6(1)5-8-7/h2-5,8H,1H3;1-4H,5H2. The topological polar surface area (TPSA) is 38.7 Å². The molecule has 0 atom stereocenters. The Hall–Kier alpha value is -2.16. The summed E-state index contributed by atoms with van der Waals surface area (Å²) in [6, 6.07) is 14.8. The summed E-state index contributed by atoms with van der Waals surface area (Å²) in [5.74, 6) is 1.89. The lowest BCUT2D eigenvalue weighted by Crippen LogP contribution is -2.00. The lowest BCUT2D eigenvalue weighted by atomic mass is 10.2. The van der Waals surface area contributed by atoms with Crippen LogP contribution in [0.1, 0.15) is 5.56 Å². The van der Waals surface area contributed by atoms with Crippen LogP contribution in [0.3, 0.4) is 0 Å². The molecule has 0 radical (unpaired) electrons. The molecule has 3 heteroatoms. The molecule has 2 heterocycles. The third kappa shape index (κ3) is 3.14. The molecule has 1 N–H and O–H groups in total. The molecule has 2 aromatic rings. The summed E-state index contributed by atoms with van der Waals surface area (Å²) in [7, 11) is 1.56. The molecule has 2 aliphatic rings. The van der Waals surface area contributed by atoms with Crippen LogP contribution in [0.2, 0.25) is 0 Å². The van der Waals surface area contributed by atoms with Crippen molar-refractivity contribution < 1.29 is 14.6 Å². The van der Waals surface area contributed by atoms with E-state index in [0.29, 0.717) is 5.75 Å². The van der Waals surface area contributed by atoms with Crippen molar-refractivity contribution in [3.8, 4) is 17.2 Å². The molecule has 0 fully saturated rings. The van der Waals surface area contributed by atoms with Gasteiger partial charge < -0.3 is 14.6 Å². The second-order valence-corrected chi connectivity index (χ2v) is 3.63. The minimum absolute atomic E-state index is 0.231. The summed E-state index contributed by atoms with van der Waals surface area (Å²) in [4.78, 5) is 0. The molecule has 88 valence electrons. The van der Waals surface area contributed by atoms with Crippen LogP contribution in [0.15, 0.2) is 48.5 Å². The first-order valence-electron chi connectivity index (χ1n) is 5.33. The molecule has 0 amide bonds. The van der Waals surface area contributed by atoms with Gasteiger partial charge in [0, 0.05) is 6.07 Å². The van der Waals surface area contributed by atoms with Crippen molar-refractivity contribution in [2.45, 2.75) is 6.61 Å². The van der Waals surface area contributed by atoms with E-state index in [9.17, 15) is 0 Å². The van der Waals surface area contributed by atoms with E-state index in [2.05, 4.69) is 12.1 Å². The highest BCUT2D eigenvalue weighted by Crippen LogP contribution is 2.19. The van der Waals surface area contributed by atoms with E-state index < -0.39 is 0 Å². The number of phenolic OH excluding ortho intramolecular Hbond substituents is 1. The monoisotopic (exact) mass is 230 g/mol. The maximum atomic E-state index is 8.86. The molecule has 2 aromatic carbocycles. The molecule has 4 rings (SSSR count). The molecule has 0 aliphatic carbocycles. The van der Waals surface area contributed by atoms with E-state index in [4.69, 9.17) is 14.6 Å². The first-order valence-corrected chi connectivity index (χ1v) is 5.33. The van der Waals surface area contributed by atoms with Crippen LogP contribution < -0.4 is 9.47 Å². The number of aromatic hydroxyl groups is 1. The van der Waals surface area contributed by atoms with E-state index in [1.165, 1.54) is 5.56 Å². The van der Waals surface area contributed by atoms with Crippen molar-refractivity contribution >= 4 is 0 Å². The van der Waals surface area contributed by atoms with Gasteiger partial charge in [-0.25, -0.2) is 0 Å². The summed E-state index contributed by atoms with van der Waals surface area (Å²) >= 11 is 0. The third-order valence-corrected chi connectivity index (χ3v) is 2.38. The van der Waals surface area contributed by atoms with Crippen molar-refractivity contribution in [3.05, 3.63) is 54.1 Å². The highest BCUT2D eigenvalue weighted by Gasteiger charge is 2.01. The molecule has 0 saturated carbocycles. The number of methoxy groups -OCH3 is 1. The SMILES string of the molecule is COc1cccc(O)c1.c1cc2ccc1CO2. The Labute approximate surface area is 100 Å². The van der Waals surface area contributed by atoms with Gasteiger partial charge in [0.15, 0.2) is 0 Å². The molecule has 2 aliphatic heterocycles. The van der Waals surface area contributed by atoms with Gasteiger partial charge in [0.2, 0.25) is 0 Å². The number of hydrogen-bond acceptors (Lipinski definition) is 3. The van der Waals surface area contributed by atoms with Crippen molar-refractivity contribution in [1.29, 1.82) is 0 Å². The van der Waals surface area contributed by atoms with Crippen molar-refractivity contribution in [3.63, 3.8) is 0 Å². The van der Waals surface area contributed by atoms with Gasteiger partial charge in [0.1, 0.15) is 23.9 Å². The highest BCUT2D eigenvalue weighted by molar-refractivity contribution is 5.31. The number of ether oxygens (including phenoxy) is 2. The second-order valence-electron chi connectivity index (χ2n) is 3.63. The van der Waals surface area contributed by atoms with Gasteiger partial charge in [-0.1, -0.05) is 18.2 Å². The third-order valence-electron chi connectivity index (χ3n) is 2.38. The smallest absolute Gasteiger partial charge is 0.122 e. The van der Waals surface area contributed by atoms with Gasteiger partial charge in [-0.05, 0) is 29.8 Å². The van der Waals surface area contributed by atoms with Crippen LogP contribution in [0.4, 0.5) is 0 Å². The zero-order valence-electron chi connectivity index (χ0n) is 9.59. The number of rotatable bonds is 1. The van der Waals surface area contributed by atoms with Gasteiger partial charge >= 0.3 is 0 Å². The lowest BCUT2D eigenvalue weighted by molar-refractivity contribution is 0.295. The van der Waals surface area contributed by atoms with Gasteiger partial charge in [0.05, 0.1) is 7.11 Å². The number of benzene rings is 2. The zero-order valence-corrected chi connectivity index (χ0v) is 9.59. The maximum absolute atomic E-state index is 8.86.